The summed E-state index contributed by atoms with van der Waals surface area (Å²) in [5.41, 5.74) is 4.83. The fraction of sp³-hybridized carbons (Fsp3) is 0.833. The Balaban J connectivity index is 4.82. The highest BCUT2D eigenvalue weighted by molar-refractivity contribution is 5.87. The zero-order valence-electron chi connectivity index (χ0n) is 11.5. The Bertz CT molecular complexity index is 300. The molecular formula is C12H24N2O3. The van der Waals surface area contributed by atoms with Gasteiger partial charge >= 0.3 is 5.97 Å². The molecule has 4 N–H and O–H groups in total. The quantitative estimate of drug-likeness (QED) is 0.690. The number of carbonyl (C=O) groups excluding carboxylic acids is 1. The van der Waals surface area contributed by atoms with E-state index in [1.165, 1.54) is 0 Å². The van der Waals surface area contributed by atoms with Crippen molar-refractivity contribution in [3.63, 3.8) is 0 Å². The fourth-order valence-corrected chi connectivity index (χ4v) is 1.27. The molecule has 5 heteroatoms. The first-order valence-electron chi connectivity index (χ1n) is 5.66. The molecule has 0 fully saturated rings. The Kier molecular flexibility index (Phi) is 4.71. The summed E-state index contributed by atoms with van der Waals surface area (Å²) in [6, 6.07) is -1.67. The lowest BCUT2D eigenvalue weighted by Gasteiger charge is -2.32. The third-order valence-electron chi connectivity index (χ3n) is 2.62. The number of carboxylic acid groups (broad SMARTS) is 1. The molecule has 0 radical (unpaired) electrons. The second kappa shape index (κ2) is 5.04. The standard InChI is InChI=1S/C12H24N2O3/c1-11(2,3)7(13)9(15)14-8(10(16)17)12(4,5)6/h7-8H,13H2,1-6H3,(H,14,15)(H,16,17)/t7-,8?/m0/s1. The highest BCUT2D eigenvalue weighted by atomic mass is 16.4. The van der Waals surface area contributed by atoms with E-state index < -0.39 is 34.8 Å². The minimum Gasteiger partial charge on any atom is -0.480 e. The Morgan fingerprint density at radius 3 is 1.71 bits per heavy atom. The van der Waals surface area contributed by atoms with Crippen molar-refractivity contribution in [3.05, 3.63) is 0 Å². The third-order valence-corrected chi connectivity index (χ3v) is 2.62. The van der Waals surface area contributed by atoms with Crippen LogP contribution < -0.4 is 11.1 Å². The number of rotatable bonds is 3. The first kappa shape index (κ1) is 15.9. The van der Waals surface area contributed by atoms with Gasteiger partial charge in [-0.2, -0.15) is 0 Å². The van der Waals surface area contributed by atoms with E-state index in [0.29, 0.717) is 0 Å². The van der Waals surface area contributed by atoms with Gasteiger partial charge in [0.1, 0.15) is 6.04 Å². The number of aliphatic carboxylic acids is 1. The minimum absolute atomic E-state index is 0.398. The van der Waals surface area contributed by atoms with Crippen LogP contribution in [-0.4, -0.2) is 29.1 Å². The summed E-state index contributed by atoms with van der Waals surface area (Å²) in [6.07, 6.45) is 0. The number of nitrogens with one attached hydrogen (secondary N) is 1. The number of hydrogen-bond donors (Lipinski definition) is 3. The van der Waals surface area contributed by atoms with Crippen LogP contribution in [0.2, 0.25) is 0 Å². The Morgan fingerprint density at radius 2 is 1.47 bits per heavy atom. The monoisotopic (exact) mass is 244 g/mol. The molecule has 1 amide bonds. The molecule has 0 aliphatic rings. The molecule has 0 heterocycles. The molecule has 100 valence electrons. The van der Waals surface area contributed by atoms with Gasteiger partial charge < -0.3 is 16.2 Å². The van der Waals surface area contributed by atoms with Gasteiger partial charge in [0, 0.05) is 0 Å². The Morgan fingerprint density at radius 1 is 1.06 bits per heavy atom. The molecule has 0 spiro atoms. The van der Waals surface area contributed by atoms with E-state index in [-0.39, 0.29) is 0 Å². The smallest absolute Gasteiger partial charge is 0.326 e. The molecule has 0 saturated heterocycles. The van der Waals surface area contributed by atoms with E-state index in [1.54, 1.807) is 20.8 Å². The van der Waals surface area contributed by atoms with Crippen LogP contribution in [0.5, 0.6) is 0 Å². The normalized spacial score (nSPS) is 16.2. The fourth-order valence-electron chi connectivity index (χ4n) is 1.27. The van der Waals surface area contributed by atoms with Gasteiger partial charge in [0.25, 0.3) is 0 Å². The van der Waals surface area contributed by atoms with Crippen LogP contribution in [0.25, 0.3) is 0 Å². The molecule has 1 unspecified atom stereocenters. The van der Waals surface area contributed by atoms with Crippen molar-refractivity contribution in [2.24, 2.45) is 16.6 Å². The topological polar surface area (TPSA) is 92.4 Å². The second-order valence-corrected chi connectivity index (χ2v) is 6.49. The molecule has 0 aliphatic carbocycles. The predicted molar refractivity (Wildman–Crippen MR) is 66.5 cm³/mol. The van der Waals surface area contributed by atoms with E-state index >= 15 is 0 Å². The minimum atomic E-state index is -1.05. The molecule has 0 bridgehead atoms. The van der Waals surface area contributed by atoms with Crippen molar-refractivity contribution in [2.45, 2.75) is 53.6 Å². The molecule has 2 atom stereocenters. The van der Waals surface area contributed by atoms with Crippen LogP contribution in [-0.2, 0) is 9.59 Å². The maximum atomic E-state index is 11.9. The van der Waals surface area contributed by atoms with E-state index in [1.807, 2.05) is 20.8 Å². The SMILES string of the molecule is CC(C)(C)C(NC(=O)[C@H](N)C(C)(C)C)C(=O)O. The van der Waals surface area contributed by atoms with Gasteiger partial charge in [-0.25, -0.2) is 4.79 Å². The molecular weight excluding hydrogens is 220 g/mol. The predicted octanol–water partition coefficient (Wildman–Crippen LogP) is 0.975. The van der Waals surface area contributed by atoms with Gasteiger partial charge in [-0.05, 0) is 10.8 Å². The van der Waals surface area contributed by atoms with Gasteiger partial charge in [-0.15, -0.1) is 0 Å². The van der Waals surface area contributed by atoms with E-state index in [9.17, 15) is 9.59 Å². The number of amides is 1. The average Bonchev–Trinajstić information content (AvgIpc) is 2.08. The lowest BCUT2D eigenvalue weighted by atomic mass is 9.84. The number of carboxylic acids is 1. The number of nitrogens with two attached hydrogens (primary N) is 1. The molecule has 0 aromatic carbocycles. The second-order valence-electron chi connectivity index (χ2n) is 6.49. The van der Waals surface area contributed by atoms with E-state index in [2.05, 4.69) is 5.32 Å². The van der Waals surface area contributed by atoms with Gasteiger partial charge in [0.2, 0.25) is 5.91 Å². The molecule has 0 saturated carbocycles. The zero-order valence-corrected chi connectivity index (χ0v) is 11.5. The van der Waals surface area contributed by atoms with Crippen molar-refractivity contribution in [2.75, 3.05) is 0 Å². The van der Waals surface area contributed by atoms with E-state index in [4.69, 9.17) is 10.8 Å². The Labute approximate surface area is 103 Å². The lowest BCUT2D eigenvalue weighted by Crippen LogP contribution is -2.56. The molecule has 0 aromatic heterocycles. The number of carbonyl (C=O) groups is 2. The molecule has 0 aliphatic heterocycles. The molecule has 5 nitrogen and oxygen atoms in total. The summed E-state index contributed by atoms with van der Waals surface area (Å²) in [7, 11) is 0. The highest BCUT2D eigenvalue weighted by Crippen LogP contribution is 2.21. The number of hydrogen-bond acceptors (Lipinski definition) is 3. The van der Waals surface area contributed by atoms with Crippen molar-refractivity contribution >= 4 is 11.9 Å². The van der Waals surface area contributed by atoms with Crippen LogP contribution in [0.4, 0.5) is 0 Å². The highest BCUT2D eigenvalue weighted by Gasteiger charge is 2.36. The van der Waals surface area contributed by atoms with Crippen molar-refractivity contribution < 1.29 is 14.7 Å². The van der Waals surface area contributed by atoms with E-state index in [0.717, 1.165) is 0 Å². The largest absolute Gasteiger partial charge is 0.480 e. The first-order valence-corrected chi connectivity index (χ1v) is 5.66. The summed E-state index contributed by atoms with van der Waals surface area (Å²) in [5, 5.41) is 11.6. The third kappa shape index (κ3) is 4.73. The summed E-state index contributed by atoms with van der Waals surface area (Å²) in [6.45, 7) is 10.8. The van der Waals surface area contributed by atoms with Crippen LogP contribution in [0.15, 0.2) is 0 Å². The Hall–Kier alpha value is -1.10. The molecule has 17 heavy (non-hydrogen) atoms. The van der Waals surface area contributed by atoms with Crippen LogP contribution >= 0.6 is 0 Å². The molecule has 0 rings (SSSR count). The maximum absolute atomic E-state index is 11.9. The summed E-state index contributed by atoms with van der Waals surface area (Å²) in [4.78, 5) is 23.0. The summed E-state index contributed by atoms with van der Waals surface area (Å²) >= 11 is 0. The maximum Gasteiger partial charge on any atom is 0.326 e. The van der Waals surface area contributed by atoms with Crippen molar-refractivity contribution in [1.82, 2.24) is 5.32 Å². The van der Waals surface area contributed by atoms with Crippen molar-refractivity contribution in [1.29, 1.82) is 0 Å². The van der Waals surface area contributed by atoms with Crippen LogP contribution in [0.3, 0.4) is 0 Å². The lowest BCUT2D eigenvalue weighted by molar-refractivity contribution is -0.145. The zero-order chi connectivity index (χ0) is 14.0. The van der Waals surface area contributed by atoms with Gasteiger partial charge in [0.15, 0.2) is 0 Å². The van der Waals surface area contributed by atoms with Gasteiger partial charge in [-0.3, -0.25) is 4.79 Å². The molecule has 0 aromatic rings. The van der Waals surface area contributed by atoms with Gasteiger partial charge in [0.05, 0.1) is 6.04 Å². The summed E-state index contributed by atoms with van der Waals surface area (Å²) in [5.74, 6) is -1.48. The van der Waals surface area contributed by atoms with Gasteiger partial charge in [-0.1, -0.05) is 41.5 Å². The average molecular weight is 244 g/mol. The van der Waals surface area contributed by atoms with Crippen LogP contribution in [0.1, 0.15) is 41.5 Å². The first-order chi connectivity index (χ1) is 7.37. The summed E-state index contributed by atoms with van der Waals surface area (Å²) < 4.78 is 0. The van der Waals surface area contributed by atoms with Crippen molar-refractivity contribution in [3.8, 4) is 0 Å². The van der Waals surface area contributed by atoms with Crippen LogP contribution in [0, 0.1) is 10.8 Å².